The van der Waals surface area contributed by atoms with Crippen LogP contribution < -0.4 is 0 Å². The summed E-state index contributed by atoms with van der Waals surface area (Å²) in [6, 6.07) is 15.5. The van der Waals surface area contributed by atoms with Gasteiger partial charge in [0.05, 0.1) is 17.8 Å². The Morgan fingerprint density at radius 3 is 2.45 bits per heavy atom. The molecule has 7 heteroatoms. The number of aryl methyl sites for hydroxylation is 1. The van der Waals surface area contributed by atoms with Gasteiger partial charge >= 0.3 is 0 Å². The van der Waals surface area contributed by atoms with E-state index in [-0.39, 0.29) is 24.7 Å². The predicted octanol–water partition coefficient (Wildman–Crippen LogP) is 5.37. The van der Waals surface area contributed by atoms with Crippen molar-refractivity contribution in [3.63, 3.8) is 0 Å². The Labute approximate surface area is 193 Å². The van der Waals surface area contributed by atoms with E-state index < -0.39 is 0 Å². The topological polar surface area (TPSA) is 50.5 Å². The number of halogens is 2. The molecule has 0 spiro atoms. The van der Waals surface area contributed by atoms with Gasteiger partial charge in [0.15, 0.2) is 0 Å². The van der Waals surface area contributed by atoms with E-state index in [2.05, 4.69) is 4.98 Å². The fourth-order valence-electron chi connectivity index (χ4n) is 3.55. The molecule has 0 atom stereocenters. The van der Waals surface area contributed by atoms with Crippen molar-refractivity contribution in [2.45, 2.75) is 26.8 Å². The normalized spacial score (nSPS) is 10.7. The third-order valence-electron chi connectivity index (χ3n) is 5.16. The van der Waals surface area contributed by atoms with Crippen LogP contribution in [0.1, 0.15) is 23.7 Å². The number of carbonyl (C=O) groups excluding carboxylic acids is 1. The molecule has 5 nitrogen and oxygen atoms in total. The second-order valence-corrected chi connectivity index (χ2v) is 7.73. The summed E-state index contributed by atoms with van der Waals surface area (Å²) in [7, 11) is 0. The molecule has 3 heterocycles. The highest BCUT2D eigenvalue weighted by Crippen LogP contribution is 2.27. The smallest absolute Gasteiger partial charge is 0.228 e. The maximum atomic E-state index is 13.3. The van der Waals surface area contributed by atoms with Gasteiger partial charge in [-0.05, 0) is 55.3 Å². The number of hydrogen-bond acceptors (Lipinski definition) is 3. The fraction of sp³-hybridized carbons (Fsp3) is 0.208. The third kappa shape index (κ3) is 5.06. The average Bonchev–Trinajstić information content (AvgIpc) is 3.10. The Morgan fingerprint density at radius 2 is 1.77 bits per heavy atom. The van der Waals surface area contributed by atoms with Crippen molar-refractivity contribution in [2.75, 3.05) is 6.54 Å². The van der Waals surface area contributed by atoms with Crippen LogP contribution in [0.15, 0.2) is 67.1 Å². The zero-order valence-electron chi connectivity index (χ0n) is 17.5. The molecule has 0 saturated carbocycles. The van der Waals surface area contributed by atoms with Crippen LogP contribution in [0.25, 0.3) is 16.9 Å². The van der Waals surface area contributed by atoms with Crippen LogP contribution in [0.5, 0.6) is 0 Å². The highest BCUT2D eigenvalue weighted by molar-refractivity contribution is 6.30. The lowest BCUT2D eigenvalue weighted by Gasteiger charge is -2.21. The van der Waals surface area contributed by atoms with Crippen molar-refractivity contribution < 1.29 is 4.79 Å². The van der Waals surface area contributed by atoms with Crippen molar-refractivity contribution in [3.8, 4) is 11.3 Å². The number of imidazole rings is 1. The van der Waals surface area contributed by atoms with E-state index >= 15 is 0 Å². The Kier molecular flexibility index (Phi) is 7.31. The Hall–Kier alpha value is -2.89. The number of rotatable bonds is 6. The van der Waals surface area contributed by atoms with Crippen molar-refractivity contribution >= 4 is 35.6 Å². The van der Waals surface area contributed by atoms with Crippen molar-refractivity contribution in [2.24, 2.45) is 0 Å². The summed E-state index contributed by atoms with van der Waals surface area (Å²) in [5.41, 5.74) is 5.64. The van der Waals surface area contributed by atoms with Gasteiger partial charge in [-0.15, -0.1) is 12.4 Å². The first kappa shape index (κ1) is 22.8. The van der Waals surface area contributed by atoms with Gasteiger partial charge < -0.3 is 9.30 Å². The molecule has 3 aromatic heterocycles. The fourth-order valence-corrected chi connectivity index (χ4v) is 3.67. The van der Waals surface area contributed by atoms with Gasteiger partial charge in [0.25, 0.3) is 0 Å². The largest absolute Gasteiger partial charge is 0.338 e. The van der Waals surface area contributed by atoms with Gasteiger partial charge in [-0.2, -0.15) is 0 Å². The minimum Gasteiger partial charge on any atom is -0.338 e. The molecule has 1 aromatic carbocycles. The first-order valence-corrected chi connectivity index (χ1v) is 10.3. The Bertz CT molecular complexity index is 1170. The van der Waals surface area contributed by atoms with Crippen LogP contribution in [0.4, 0.5) is 0 Å². The number of amides is 1. The summed E-state index contributed by atoms with van der Waals surface area (Å²) < 4.78 is 2.03. The molecule has 0 unspecified atom stereocenters. The lowest BCUT2D eigenvalue weighted by Crippen LogP contribution is -2.32. The maximum absolute atomic E-state index is 13.3. The first-order valence-electron chi connectivity index (χ1n) is 9.95. The molecule has 160 valence electrons. The molecule has 0 N–H and O–H groups in total. The van der Waals surface area contributed by atoms with Gasteiger partial charge in [-0.1, -0.05) is 29.8 Å². The van der Waals surface area contributed by atoms with E-state index in [1.54, 1.807) is 12.4 Å². The lowest BCUT2D eigenvalue weighted by atomic mass is 10.1. The van der Waals surface area contributed by atoms with Gasteiger partial charge in [-0.3, -0.25) is 9.78 Å². The van der Waals surface area contributed by atoms with Gasteiger partial charge in [0, 0.05) is 42.3 Å². The number of likely N-dealkylation sites (N-methyl/N-ethyl adjacent to an activating group) is 1. The van der Waals surface area contributed by atoms with E-state index in [1.807, 2.05) is 77.9 Å². The Balaban J connectivity index is 0.00000272. The number of benzene rings is 1. The molecule has 31 heavy (non-hydrogen) atoms. The van der Waals surface area contributed by atoms with Crippen LogP contribution >= 0.6 is 24.0 Å². The van der Waals surface area contributed by atoms with Crippen LogP contribution in [0.2, 0.25) is 5.02 Å². The number of hydrogen-bond donors (Lipinski definition) is 0. The molecule has 4 rings (SSSR count). The Morgan fingerprint density at radius 1 is 1.06 bits per heavy atom. The third-order valence-corrected chi connectivity index (χ3v) is 5.41. The SMILES string of the molecule is CCN(Cc1ccncc1)C(=O)Cc1c(-c2ccc(Cl)cc2)nc2ccc(C)cn12.Cl. The number of aromatic nitrogens is 3. The van der Waals surface area contributed by atoms with Crippen molar-refractivity contribution in [1.82, 2.24) is 19.3 Å². The summed E-state index contributed by atoms with van der Waals surface area (Å²) in [6.07, 6.45) is 5.80. The minimum absolute atomic E-state index is 0. The van der Waals surface area contributed by atoms with E-state index in [4.69, 9.17) is 16.6 Å². The highest BCUT2D eigenvalue weighted by Gasteiger charge is 2.20. The predicted molar refractivity (Wildman–Crippen MR) is 127 cm³/mol. The molecule has 0 fully saturated rings. The van der Waals surface area contributed by atoms with Gasteiger partial charge in [-0.25, -0.2) is 4.98 Å². The molecule has 0 bridgehead atoms. The molecule has 0 radical (unpaired) electrons. The van der Waals surface area contributed by atoms with Crippen molar-refractivity contribution in [1.29, 1.82) is 0 Å². The number of nitrogens with zero attached hydrogens (tertiary/aromatic N) is 4. The van der Waals surface area contributed by atoms with Crippen molar-refractivity contribution in [3.05, 3.63) is 89.0 Å². The molecule has 0 aliphatic heterocycles. The first-order chi connectivity index (χ1) is 14.5. The van der Waals surface area contributed by atoms with E-state index in [1.165, 1.54) is 0 Å². The molecular weight excluding hydrogens is 431 g/mol. The van der Waals surface area contributed by atoms with E-state index in [0.717, 1.165) is 33.7 Å². The molecule has 0 aliphatic rings. The monoisotopic (exact) mass is 454 g/mol. The van der Waals surface area contributed by atoms with Gasteiger partial charge in [0.2, 0.25) is 5.91 Å². The number of pyridine rings is 2. The molecule has 0 aliphatic carbocycles. The standard InChI is InChI=1S/C24H23ClN4O.ClH/c1-3-28(16-18-10-12-26-13-11-18)23(30)14-21-24(19-5-7-20(25)8-6-19)27-22-9-4-17(2)15-29(21)22;/h4-13,15H,3,14,16H2,1-2H3;1H. The molecule has 4 aromatic rings. The second-order valence-electron chi connectivity index (χ2n) is 7.29. The number of fused-ring (bicyclic) bond motifs is 1. The lowest BCUT2D eigenvalue weighted by molar-refractivity contribution is -0.130. The molecule has 1 amide bonds. The molecule has 0 saturated heterocycles. The zero-order chi connectivity index (χ0) is 21.1. The maximum Gasteiger partial charge on any atom is 0.228 e. The van der Waals surface area contributed by atoms with Gasteiger partial charge in [0.1, 0.15) is 5.65 Å². The highest BCUT2D eigenvalue weighted by atomic mass is 35.5. The summed E-state index contributed by atoms with van der Waals surface area (Å²) >= 11 is 6.07. The summed E-state index contributed by atoms with van der Waals surface area (Å²) in [4.78, 5) is 24.0. The summed E-state index contributed by atoms with van der Waals surface area (Å²) in [5.74, 6) is 0.0628. The summed E-state index contributed by atoms with van der Waals surface area (Å²) in [6.45, 7) is 5.23. The van der Waals surface area contributed by atoms with Crippen LogP contribution in [-0.2, 0) is 17.8 Å². The van der Waals surface area contributed by atoms with E-state index in [0.29, 0.717) is 18.1 Å². The minimum atomic E-state index is 0. The molecular formula is C24H24Cl2N4O. The van der Waals surface area contributed by atoms with Crippen LogP contribution in [-0.4, -0.2) is 31.7 Å². The quantitative estimate of drug-likeness (QED) is 0.393. The van der Waals surface area contributed by atoms with E-state index in [9.17, 15) is 4.79 Å². The average molecular weight is 455 g/mol. The van der Waals surface area contributed by atoms with Crippen LogP contribution in [0, 0.1) is 6.92 Å². The van der Waals surface area contributed by atoms with Crippen LogP contribution in [0.3, 0.4) is 0 Å². The zero-order valence-corrected chi connectivity index (χ0v) is 19.0. The second kappa shape index (κ2) is 9.94. The number of carbonyl (C=O) groups is 1. The summed E-state index contributed by atoms with van der Waals surface area (Å²) in [5, 5.41) is 0.672.